The molecule has 3 heteroatoms. The summed E-state index contributed by atoms with van der Waals surface area (Å²) in [6.45, 7) is 4.13. The molecular formula is C17H16Cl2O. The van der Waals surface area contributed by atoms with Crippen LogP contribution in [0.5, 0.6) is 0 Å². The van der Waals surface area contributed by atoms with Crippen LogP contribution >= 0.6 is 23.2 Å². The van der Waals surface area contributed by atoms with Crippen LogP contribution < -0.4 is 0 Å². The molecule has 2 rings (SSSR count). The summed E-state index contributed by atoms with van der Waals surface area (Å²) in [5.74, 6) is -0.00397. The van der Waals surface area contributed by atoms with E-state index in [2.05, 4.69) is 13.0 Å². The van der Waals surface area contributed by atoms with Crippen molar-refractivity contribution < 1.29 is 4.79 Å². The van der Waals surface area contributed by atoms with Gasteiger partial charge in [-0.1, -0.05) is 49.2 Å². The standard InChI is InChI=1S/C17H16Cl2O/c1-3-11-5-6-12(4-2)14(9-11)17(20)13-7-8-15(18)16(19)10-13/h5-10H,3-4H2,1-2H3. The van der Waals surface area contributed by atoms with Crippen LogP contribution in [0.4, 0.5) is 0 Å². The van der Waals surface area contributed by atoms with Crippen LogP contribution in [0.1, 0.15) is 40.9 Å². The lowest BCUT2D eigenvalue weighted by atomic mass is 9.94. The fourth-order valence-electron chi connectivity index (χ4n) is 2.16. The number of rotatable bonds is 4. The van der Waals surface area contributed by atoms with Gasteiger partial charge in [-0.3, -0.25) is 4.79 Å². The lowest BCUT2D eigenvalue weighted by Gasteiger charge is -2.10. The van der Waals surface area contributed by atoms with E-state index in [4.69, 9.17) is 23.2 Å². The van der Waals surface area contributed by atoms with Crippen LogP contribution in [-0.4, -0.2) is 5.78 Å². The van der Waals surface area contributed by atoms with Crippen molar-refractivity contribution in [1.29, 1.82) is 0 Å². The Labute approximate surface area is 129 Å². The molecule has 0 bridgehead atoms. The van der Waals surface area contributed by atoms with Gasteiger partial charge in [0.1, 0.15) is 0 Å². The van der Waals surface area contributed by atoms with E-state index in [1.807, 2.05) is 19.1 Å². The minimum atomic E-state index is -0.00397. The summed E-state index contributed by atoms with van der Waals surface area (Å²) in [6, 6.07) is 11.1. The molecule has 0 aromatic heterocycles. The van der Waals surface area contributed by atoms with Gasteiger partial charge in [0, 0.05) is 11.1 Å². The molecule has 0 unspecified atom stereocenters. The van der Waals surface area contributed by atoms with Crippen molar-refractivity contribution in [3.05, 3.63) is 68.7 Å². The highest BCUT2D eigenvalue weighted by atomic mass is 35.5. The molecule has 2 aromatic rings. The van der Waals surface area contributed by atoms with Gasteiger partial charge in [0.05, 0.1) is 10.0 Å². The Morgan fingerprint density at radius 1 is 0.950 bits per heavy atom. The number of aryl methyl sites for hydroxylation is 2. The Kier molecular flexibility index (Phi) is 4.85. The first kappa shape index (κ1) is 15.1. The molecule has 0 aliphatic rings. The second kappa shape index (κ2) is 6.43. The van der Waals surface area contributed by atoms with Gasteiger partial charge in [-0.15, -0.1) is 0 Å². The Balaban J connectivity index is 2.48. The predicted octanol–water partition coefficient (Wildman–Crippen LogP) is 5.35. The maximum Gasteiger partial charge on any atom is 0.193 e. The molecule has 0 heterocycles. The second-order valence-corrected chi connectivity index (χ2v) is 5.47. The van der Waals surface area contributed by atoms with Crippen molar-refractivity contribution in [3.8, 4) is 0 Å². The largest absolute Gasteiger partial charge is 0.289 e. The van der Waals surface area contributed by atoms with Gasteiger partial charge in [0.2, 0.25) is 0 Å². The summed E-state index contributed by atoms with van der Waals surface area (Å²) in [5.41, 5.74) is 3.54. The third kappa shape index (κ3) is 3.05. The minimum Gasteiger partial charge on any atom is -0.289 e. The van der Waals surface area contributed by atoms with Crippen LogP contribution in [0.25, 0.3) is 0 Å². The first-order valence-corrected chi connectivity index (χ1v) is 7.44. The SMILES string of the molecule is CCc1ccc(CC)c(C(=O)c2ccc(Cl)c(Cl)c2)c1. The van der Waals surface area contributed by atoms with E-state index < -0.39 is 0 Å². The molecule has 0 aliphatic heterocycles. The minimum absolute atomic E-state index is 0.00397. The average Bonchev–Trinajstić information content (AvgIpc) is 2.48. The van der Waals surface area contributed by atoms with E-state index in [9.17, 15) is 4.79 Å². The Bertz CT molecular complexity index is 647. The monoisotopic (exact) mass is 306 g/mol. The second-order valence-electron chi connectivity index (χ2n) is 4.66. The molecule has 0 saturated carbocycles. The Morgan fingerprint density at radius 3 is 2.30 bits per heavy atom. The van der Waals surface area contributed by atoms with Crippen molar-refractivity contribution in [2.24, 2.45) is 0 Å². The summed E-state index contributed by atoms with van der Waals surface area (Å²) in [6.07, 6.45) is 1.73. The normalized spacial score (nSPS) is 10.6. The molecule has 0 saturated heterocycles. The molecule has 0 N–H and O–H groups in total. The van der Waals surface area contributed by atoms with E-state index in [1.54, 1.807) is 18.2 Å². The number of carbonyl (C=O) groups excluding carboxylic acids is 1. The van der Waals surface area contributed by atoms with Crippen molar-refractivity contribution in [1.82, 2.24) is 0 Å². The molecule has 1 nitrogen and oxygen atoms in total. The van der Waals surface area contributed by atoms with Crippen LogP contribution in [0.15, 0.2) is 36.4 Å². The van der Waals surface area contributed by atoms with Crippen LogP contribution in [0, 0.1) is 0 Å². The third-order valence-corrected chi connectivity index (χ3v) is 4.13. The molecule has 0 radical (unpaired) electrons. The first-order valence-electron chi connectivity index (χ1n) is 6.68. The molecule has 0 fully saturated rings. The lowest BCUT2D eigenvalue weighted by molar-refractivity contribution is 0.103. The highest BCUT2D eigenvalue weighted by molar-refractivity contribution is 6.42. The van der Waals surface area contributed by atoms with Gasteiger partial charge in [-0.05, 0) is 48.2 Å². The maximum absolute atomic E-state index is 12.7. The van der Waals surface area contributed by atoms with Crippen molar-refractivity contribution >= 4 is 29.0 Å². The molecule has 104 valence electrons. The summed E-state index contributed by atoms with van der Waals surface area (Å²) >= 11 is 11.9. The van der Waals surface area contributed by atoms with Gasteiger partial charge >= 0.3 is 0 Å². The van der Waals surface area contributed by atoms with Gasteiger partial charge in [0.25, 0.3) is 0 Å². The fraction of sp³-hybridized carbons (Fsp3) is 0.235. The summed E-state index contributed by atoms with van der Waals surface area (Å²) in [4.78, 5) is 12.7. The number of hydrogen-bond acceptors (Lipinski definition) is 1. The Morgan fingerprint density at radius 2 is 1.70 bits per heavy atom. The van der Waals surface area contributed by atoms with Crippen LogP contribution in [0.3, 0.4) is 0 Å². The Hall–Kier alpha value is -1.31. The molecule has 0 amide bonds. The zero-order valence-electron chi connectivity index (χ0n) is 11.5. The summed E-state index contributed by atoms with van der Waals surface area (Å²) in [7, 11) is 0. The summed E-state index contributed by atoms with van der Waals surface area (Å²) < 4.78 is 0. The van der Waals surface area contributed by atoms with Crippen molar-refractivity contribution in [2.75, 3.05) is 0 Å². The molecule has 2 aromatic carbocycles. The summed E-state index contributed by atoms with van der Waals surface area (Å²) in [5, 5.41) is 0.864. The highest BCUT2D eigenvalue weighted by Gasteiger charge is 2.14. The quantitative estimate of drug-likeness (QED) is 0.696. The lowest BCUT2D eigenvalue weighted by Crippen LogP contribution is -2.06. The molecule has 20 heavy (non-hydrogen) atoms. The average molecular weight is 307 g/mol. The van der Waals surface area contributed by atoms with Crippen molar-refractivity contribution in [2.45, 2.75) is 26.7 Å². The number of benzene rings is 2. The molecule has 0 spiro atoms. The zero-order chi connectivity index (χ0) is 14.7. The highest BCUT2D eigenvalue weighted by Crippen LogP contribution is 2.25. The number of ketones is 1. The molecule has 0 aliphatic carbocycles. The third-order valence-electron chi connectivity index (χ3n) is 3.39. The number of halogens is 2. The van der Waals surface area contributed by atoms with Gasteiger partial charge in [-0.25, -0.2) is 0 Å². The van der Waals surface area contributed by atoms with Gasteiger partial charge in [-0.2, -0.15) is 0 Å². The van der Waals surface area contributed by atoms with Gasteiger partial charge in [0.15, 0.2) is 5.78 Å². The van der Waals surface area contributed by atoms with E-state index >= 15 is 0 Å². The maximum atomic E-state index is 12.7. The first-order chi connectivity index (χ1) is 9.56. The number of carbonyl (C=O) groups is 1. The topological polar surface area (TPSA) is 17.1 Å². The van der Waals surface area contributed by atoms with Crippen LogP contribution in [0.2, 0.25) is 10.0 Å². The molecule has 0 atom stereocenters. The van der Waals surface area contributed by atoms with Crippen LogP contribution in [-0.2, 0) is 12.8 Å². The van der Waals surface area contributed by atoms with Gasteiger partial charge < -0.3 is 0 Å². The van der Waals surface area contributed by atoms with E-state index in [0.29, 0.717) is 15.6 Å². The smallest absolute Gasteiger partial charge is 0.193 e. The predicted molar refractivity (Wildman–Crippen MR) is 85.1 cm³/mol. The van der Waals surface area contributed by atoms with E-state index in [0.717, 1.165) is 29.5 Å². The van der Waals surface area contributed by atoms with Crippen molar-refractivity contribution in [3.63, 3.8) is 0 Å². The zero-order valence-corrected chi connectivity index (χ0v) is 13.1. The molecular weight excluding hydrogens is 291 g/mol. The van der Waals surface area contributed by atoms with E-state index in [-0.39, 0.29) is 5.78 Å². The van der Waals surface area contributed by atoms with E-state index in [1.165, 1.54) is 0 Å². The fourth-order valence-corrected chi connectivity index (χ4v) is 2.45. The number of hydrogen-bond donors (Lipinski definition) is 0.